The zero-order valence-corrected chi connectivity index (χ0v) is 23.6. The summed E-state index contributed by atoms with van der Waals surface area (Å²) in [5.74, 6) is 1.09. The van der Waals surface area contributed by atoms with Gasteiger partial charge in [-0.15, -0.1) is 10.2 Å². The van der Waals surface area contributed by atoms with E-state index in [0.29, 0.717) is 30.1 Å². The first-order valence-electron chi connectivity index (χ1n) is 14.1. The summed E-state index contributed by atoms with van der Waals surface area (Å²) in [6.07, 6.45) is 4.61. The molecule has 6 rings (SSSR count). The first-order chi connectivity index (χ1) is 19.6. The maximum absolute atomic E-state index is 14.3. The third-order valence-electron chi connectivity index (χ3n) is 8.70. The molecule has 1 aliphatic carbocycles. The SMILES string of the molecule is COC1(C[C@H](c2cccc(-n3cc4c(C(F)(F)F)cc(CN5CCC[C@H](C)C5)cn4c3=O)c2)c2nncn2C)CC1. The van der Waals surface area contributed by atoms with Crippen LogP contribution in [0.3, 0.4) is 0 Å². The van der Waals surface area contributed by atoms with E-state index in [1.165, 1.54) is 16.8 Å². The van der Waals surface area contributed by atoms with Crippen LogP contribution >= 0.6 is 0 Å². The van der Waals surface area contributed by atoms with Gasteiger partial charge in [0, 0.05) is 45.6 Å². The highest BCUT2D eigenvalue weighted by atomic mass is 19.4. The number of nitrogens with zero attached hydrogens (tertiary/aromatic N) is 6. The number of hydrogen-bond acceptors (Lipinski definition) is 5. The lowest BCUT2D eigenvalue weighted by molar-refractivity contribution is -0.136. The number of fused-ring (bicyclic) bond motifs is 1. The molecule has 2 fully saturated rings. The van der Waals surface area contributed by atoms with Gasteiger partial charge in [0.2, 0.25) is 0 Å². The van der Waals surface area contributed by atoms with E-state index in [1.807, 2.05) is 29.8 Å². The van der Waals surface area contributed by atoms with Crippen LogP contribution in [0.2, 0.25) is 0 Å². The minimum atomic E-state index is -4.61. The summed E-state index contributed by atoms with van der Waals surface area (Å²) >= 11 is 0. The minimum Gasteiger partial charge on any atom is -0.378 e. The van der Waals surface area contributed by atoms with Crippen LogP contribution in [0.15, 0.2) is 53.8 Å². The van der Waals surface area contributed by atoms with Crippen LogP contribution in [-0.2, 0) is 24.5 Å². The molecule has 218 valence electrons. The number of ether oxygens (including phenoxy) is 1. The van der Waals surface area contributed by atoms with Gasteiger partial charge >= 0.3 is 11.9 Å². The van der Waals surface area contributed by atoms with Gasteiger partial charge in [0.05, 0.1) is 22.4 Å². The lowest BCUT2D eigenvalue weighted by Gasteiger charge is -2.31. The van der Waals surface area contributed by atoms with Gasteiger partial charge in [-0.25, -0.2) is 4.79 Å². The minimum absolute atomic E-state index is 0.162. The molecule has 1 aromatic carbocycles. The fourth-order valence-electron chi connectivity index (χ4n) is 6.29. The Labute approximate surface area is 236 Å². The third kappa shape index (κ3) is 5.44. The number of alkyl halides is 3. The number of pyridine rings is 1. The second kappa shape index (κ2) is 10.4. The second-order valence-electron chi connectivity index (χ2n) is 11.8. The maximum Gasteiger partial charge on any atom is 0.418 e. The largest absolute Gasteiger partial charge is 0.418 e. The summed E-state index contributed by atoms with van der Waals surface area (Å²) in [5.41, 5.74) is 0.111. The van der Waals surface area contributed by atoms with Gasteiger partial charge in [-0.1, -0.05) is 19.1 Å². The van der Waals surface area contributed by atoms with Crippen LogP contribution in [0, 0.1) is 5.92 Å². The van der Waals surface area contributed by atoms with E-state index in [-0.39, 0.29) is 17.0 Å². The van der Waals surface area contributed by atoms with Crippen molar-refractivity contribution in [2.45, 2.75) is 63.3 Å². The van der Waals surface area contributed by atoms with Crippen LogP contribution in [0.25, 0.3) is 11.2 Å². The molecule has 4 aromatic rings. The summed E-state index contributed by atoms with van der Waals surface area (Å²) in [5, 5.41) is 8.41. The predicted molar refractivity (Wildman–Crippen MR) is 148 cm³/mol. The number of aromatic nitrogens is 5. The summed E-state index contributed by atoms with van der Waals surface area (Å²) in [6, 6.07) is 8.57. The zero-order valence-electron chi connectivity index (χ0n) is 23.6. The van der Waals surface area contributed by atoms with Crippen molar-refractivity contribution in [1.29, 1.82) is 0 Å². The number of benzene rings is 1. The van der Waals surface area contributed by atoms with E-state index in [1.54, 1.807) is 25.7 Å². The molecular formula is C30H35F3N6O2. The van der Waals surface area contributed by atoms with Gasteiger partial charge < -0.3 is 9.30 Å². The Kier molecular flexibility index (Phi) is 7.05. The van der Waals surface area contributed by atoms with Gasteiger partial charge in [0.25, 0.3) is 0 Å². The van der Waals surface area contributed by atoms with Crippen molar-refractivity contribution >= 4 is 5.52 Å². The highest BCUT2D eigenvalue weighted by molar-refractivity contribution is 5.58. The van der Waals surface area contributed by atoms with Crippen LogP contribution in [-0.4, -0.2) is 54.4 Å². The number of rotatable bonds is 8. The van der Waals surface area contributed by atoms with Crippen LogP contribution in [0.4, 0.5) is 13.2 Å². The summed E-state index contributed by atoms with van der Waals surface area (Å²) < 4.78 is 52.9. The Balaban J connectivity index is 1.41. The number of halogens is 3. The molecule has 3 aromatic heterocycles. The van der Waals surface area contributed by atoms with Crippen LogP contribution in [0.1, 0.15) is 67.5 Å². The number of aryl methyl sites for hydroxylation is 1. The molecule has 0 amide bonds. The summed E-state index contributed by atoms with van der Waals surface area (Å²) in [6.45, 7) is 4.20. The Morgan fingerprint density at radius 2 is 2.00 bits per heavy atom. The molecule has 8 nitrogen and oxygen atoms in total. The van der Waals surface area contributed by atoms with Crippen molar-refractivity contribution in [3.8, 4) is 5.69 Å². The highest BCUT2D eigenvalue weighted by Crippen LogP contribution is 2.47. The number of methoxy groups -OCH3 is 1. The fourth-order valence-corrected chi connectivity index (χ4v) is 6.29. The Morgan fingerprint density at radius 3 is 2.66 bits per heavy atom. The molecule has 0 unspecified atom stereocenters. The van der Waals surface area contributed by atoms with Crippen molar-refractivity contribution in [3.63, 3.8) is 0 Å². The van der Waals surface area contributed by atoms with Crippen molar-refractivity contribution in [3.05, 3.63) is 82.1 Å². The Bertz CT molecular complexity index is 1620. The van der Waals surface area contributed by atoms with E-state index >= 15 is 0 Å². The van der Waals surface area contributed by atoms with Crippen molar-refractivity contribution in [2.24, 2.45) is 13.0 Å². The van der Waals surface area contributed by atoms with E-state index in [4.69, 9.17) is 4.74 Å². The molecule has 0 radical (unpaired) electrons. The molecule has 11 heteroatoms. The molecule has 2 aliphatic rings. The lowest BCUT2D eigenvalue weighted by Crippen LogP contribution is -2.34. The second-order valence-corrected chi connectivity index (χ2v) is 11.8. The average molecular weight is 569 g/mol. The van der Waals surface area contributed by atoms with Gasteiger partial charge in [-0.05, 0) is 73.9 Å². The molecule has 0 bridgehead atoms. The monoisotopic (exact) mass is 568 g/mol. The average Bonchev–Trinajstić information content (AvgIpc) is 3.47. The van der Waals surface area contributed by atoms with Gasteiger partial charge in [-0.3, -0.25) is 13.9 Å². The van der Waals surface area contributed by atoms with E-state index < -0.39 is 17.4 Å². The van der Waals surface area contributed by atoms with Crippen molar-refractivity contribution in [2.75, 3.05) is 20.2 Å². The topological polar surface area (TPSA) is 69.6 Å². The van der Waals surface area contributed by atoms with Crippen molar-refractivity contribution in [1.82, 2.24) is 28.6 Å². The van der Waals surface area contributed by atoms with E-state index in [9.17, 15) is 18.0 Å². The molecule has 1 saturated carbocycles. The molecule has 4 heterocycles. The molecule has 41 heavy (non-hydrogen) atoms. The van der Waals surface area contributed by atoms with Crippen molar-refractivity contribution < 1.29 is 17.9 Å². The zero-order chi connectivity index (χ0) is 28.9. The number of hydrogen-bond donors (Lipinski definition) is 0. The maximum atomic E-state index is 14.3. The quantitative estimate of drug-likeness (QED) is 0.293. The lowest BCUT2D eigenvalue weighted by atomic mass is 9.90. The normalized spacial score (nSPS) is 20.0. The fraction of sp³-hybridized carbons (Fsp3) is 0.500. The summed E-state index contributed by atoms with van der Waals surface area (Å²) in [7, 11) is 3.59. The number of imidazole rings is 1. The molecule has 0 spiro atoms. The van der Waals surface area contributed by atoms with E-state index in [0.717, 1.165) is 54.6 Å². The van der Waals surface area contributed by atoms with Crippen LogP contribution < -0.4 is 5.69 Å². The first kappa shape index (κ1) is 27.7. The standard InChI is InChI=1S/C30H35F3N6O2/c1-20-6-5-11-37(15-20)16-21-12-25(30(31,32)33)26-18-38(28(40)39(26)17-21)23-8-4-7-22(13-23)24(14-29(41-3)9-10-29)27-35-34-19-36(27)2/h4,7-8,12-13,17-20,24H,5-6,9-11,14-16H2,1-3H3/t20-,24+/m0/s1. The molecule has 1 aliphatic heterocycles. The molecule has 1 saturated heterocycles. The number of likely N-dealkylation sites (tertiary alicyclic amines) is 1. The Hall–Kier alpha value is -3.44. The number of piperidine rings is 1. The smallest absolute Gasteiger partial charge is 0.378 e. The van der Waals surface area contributed by atoms with E-state index in [2.05, 4.69) is 22.0 Å². The molecular weight excluding hydrogens is 533 g/mol. The predicted octanol–water partition coefficient (Wildman–Crippen LogP) is 5.17. The Morgan fingerprint density at radius 1 is 1.20 bits per heavy atom. The van der Waals surface area contributed by atoms with Gasteiger partial charge in [-0.2, -0.15) is 13.2 Å². The van der Waals surface area contributed by atoms with Crippen LogP contribution in [0.5, 0.6) is 0 Å². The summed E-state index contributed by atoms with van der Waals surface area (Å²) in [4.78, 5) is 15.8. The highest BCUT2D eigenvalue weighted by Gasteiger charge is 2.46. The van der Waals surface area contributed by atoms with Gasteiger partial charge in [0.15, 0.2) is 0 Å². The first-order valence-corrected chi connectivity index (χ1v) is 14.1. The van der Waals surface area contributed by atoms with Gasteiger partial charge in [0.1, 0.15) is 12.2 Å². The molecule has 2 atom stereocenters. The third-order valence-corrected chi connectivity index (χ3v) is 8.70. The molecule has 0 N–H and O–H groups in total.